The van der Waals surface area contributed by atoms with Crippen LogP contribution in [0.15, 0.2) is 23.1 Å². The van der Waals surface area contributed by atoms with Crippen molar-refractivity contribution in [3.63, 3.8) is 0 Å². The third-order valence-corrected chi connectivity index (χ3v) is 6.29. The summed E-state index contributed by atoms with van der Waals surface area (Å²) in [6.07, 6.45) is 0.979. The van der Waals surface area contributed by atoms with E-state index in [0.717, 1.165) is 12.5 Å². The van der Waals surface area contributed by atoms with Gasteiger partial charge in [0.2, 0.25) is 10.0 Å². The van der Waals surface area contributed by atoms with Crippen LogP contribution in [-0.4, -0.2) is 50.5 Å². The normalized spacial score (nSPS) is 22.8. The molecule has 1 aliphatic heterocycles. The summed E-state index contributed by atoms with van der Waals surface area (Å²) >= 11 is 0. The number of hydrogen-bond acceptors (Lipinski definition) is 6. The molecule has 1 aromatic rings. The van der Waals surface area contributed by atoms with E-state index >= 15 is 0 Å². The summed E-state index contributed by atoms with van der Waals surface area (Å²) in [5.41, 5.74) is 0.0195. The van der Waals surface area contributed by atoms with Crippen LogP contribution in [0.2, 0.25) is 0 Å². The van der Waals surface area contributed by atoms with Crippen molar-refractivity contribution in [2.45, 2.75) is 38.1 Å². The van der Waals surface area contributed by atoms with Crippen molar-refractivity contribution in [1.82, 2.24) is 4.31 Å². The molecule has 1 fully saturated rings. The lowest BCUT2D eigenvalue weighted by Crippen LogP contribution is -2.42. The number of nitrogens with zero attached hydrogens (tertiary/aromatic N) is 2. The molecule has 0 amide bonds. The first-order chi connectivity index (χ1) is 12.1. The highest BCUT2D eigenvalue weighted by Crippen LogP contribution is 2.32. The fourth-order valence-corrected chi connectivity index (χ4v) is 5.15. The minimum absolute atomic E-state index is 0.0459. The zero-order valence-corrected chi connectivity index (χ0v) is 16.5. The second kappa shape index (κ2) is 8.32. The number of nitrogens with one attached hydrogen (secondary N) is 1. The third-order valence-electron chi connectivity index (χ3n) is 4.46. The number of methoxy groups -OCH3 is 1. The number of piperidine rings is 1. The van der Waals surface area contributed by atoms with Gasteiger partial charge in [-0.2, -0.15) is 4.31 Å². The largest absolute Gasteiger partial charge is 0.383 e. The molecule has 0 radical (unpaired) electrons. The predicted molar refractivity (Wildman–Crippen MR) is 99.8 cm³/mol. The van der Waals surface area contributed by atoms with E-state index in [2.05, 4.69) is 5.32 Å². The lowest BCUT2D eigenvalue weighted by Gasteiger charge is -2.34. The van der Waals surface area contributed by atoms with E-state index in [1.54, 1.807) is 7.11 Å². The molecule has 0 aliphatic carbocycles. The molecule has 0 unspecified atom stereocenters. The SMILES string of the molecule is COC[C@H](C)Nc1ccc(S(=O)(=O)N2C[C@H](C)C[C@H](C)C2)cc1[N+](=O)[O-]. The molecule has 1 N–H and O–H groups in total. The van der Waals surface area contributed by atoms with E-state index in [1.807, 2.05) is 20.8 Å². The molecule has 0 spiro atoms. The predicted octanol–water partition coefficient (Wildman–Crippen LogP) is 2.71. The van der Waals surface area contributed by atoms with Crippen molar-refractivity contribution in [2.75, 3.05) is 32.1 Å². The van der Waals surface area contributed by atoms with Crippen LogP contribution < -0.4 is 5.32 Å². The quantitative estimate of drug-likeness (QED) is 0.572. The monoisotopic (exact) mass is 385 g/mol. The summed E-state index contributed by atoms with van der Waals surface area (Å²) < 4.78 is 32.4. The number of hydrogen-bond donors (Lipinski definition) is 1. The molecule has 1 aromatic carbocycles. The molecule has 1 saturated heterocycles. The second-order valence-corrected chi connectivity index (χ2v) is 9.14. The number of nitro groups is 1. The van der Waals surface area contributed by atoms with Gasteiger partial charge in [-0.25, -0.2) is 8.42 Å². The van der Waals surface area contributed by atoms with Crippen LogP contribution in [-0.2, 0) is 14.8 Å². The van der Waals surface area contributed by atoms with E-state index in [1.165, 1.54) is 16.4 Å². The van der Waals surface area contributed by atoms with Crippen LogP contribution in [0.25, 0.3) is 0 Å². The number of nitro benzene ring substituents is 1. The van der Waals surface area contributed by atoms with Gasteiger partial charge in [0.15, 0.2) is 0 Å². The van der Waals surface area contributed by atoms with Crippen LogP contribution in [0.1, 0.15) is 27.2 Å². The number of ether oxygens (including phenoxy) is 1. The fourth-order valence-electron chi connectivity index (χ4n) is 3.45. The Balaban J connectivity index is 2.34. The molecule has 9 heteroatoms. The highest BCUT2D eigenvalue weighted by molar-refractivity contribution is 7.89. The maximum Gasteiger partial charge on any atom is 0.293 e. The number of benzene rings is 1. The third kappa shape index (κ3) is 4.72. The summed E-state index contributed by atoms with van der Waals surface area (Å²) in [4.78, 5) is 10.8. The van der Waals surface area contributed by atoms with Crippen LogP contribution in [0, 0.1) is 22.0 Å². The first-order valence-corrected chi connectivity index (χ1v) is 10.1. The second-order valence-electron chi connectivity index (χ2n) is 7.20. The van der Waals surface area contributed by atoms with E-state index in [0.29, 0.717) is 19.7 Å². The molecule has 2 rings (SSSR count). The van der Waals surface area contributed by atoms with Crippen molar-refractivity contribution >= 4 is 21.4 Å². The average Bonchev–Trinajstić information content (AvgIpc) is 2.54. The molecular weight excluding hydrogens is 358 g/mol. The molecule has 3 atom stereocenters. The van der Waals surface area contributed by atoms with Gasteiger partial charge in [0.25, 0.3) is 5.69 Å². The first-order valence-electron chi connectivity index (χ1n) is 8.69. The topological polar surface area (TPSA) is 102 Å². The lowest BCUT2D eigenvalue weighted by atomic mass is 9.94. The summed E-state index contributed by atoms with van der Waals surface area (Å²) in [5, 5.41) is 14.4. The maximum atomic E-state index is 13.0. The number of rotatable bonds is 7. The van der Waals surface area contributed by atoms with Gasteiger partial charge in [0.05, 0.1) is 16.4 Å². The molecule has 0 bridgehead atoms. The highest BCUT2D eigenvalue weighted by Gasteiger charge is 2.33. The van der Waals surface area contributed by atoms with E-state index in [-0.39, 0.29) is 34.1 Å². The van der Waals surface area contributed by atoms with Crippen molar-refractivity contribution in [1.29, 1.82) is 0 Å². The van der Waals surface area contributed by atoms with E-state index < -0.39 is 14.9 Å². The molecule has 26 heavy (non-hydrogen) atoms. The van der Waals surface area contributed by atoms with Gasteiger partial charge in [-0.15, -0.1) is 0 Å². The molecule has 1 aliphatic rings. The van der Waals surface area contributed by atoms with Gasteiger partial charge >= 0.3 is 0 Å². The van der Waals surface area contributed by atoms with Gasteiger partial charge in [-0.3, -0.25) is 10.1 Å². The Morgan fingerprint density at radius 2 is 1.96 bits per heavy atom. The van der Waals surface area contributed by atoms with Crippen molar-refractivity contribution < 1.29 is 18.1 Å². The van der Waals surface area contributed by atoms with Gasteiger partial charge in [-0.1, -0.05) is 13.8 Å². The van der Waals surface area contributed by atoms with Crippen molar-refractivity contribution in [3.8, 4) is 0 Å². The summed E-state index contributed by atoms with van der Waals surface area (Å²) in [5.74, 6) is 0.527. The summed E-state index contributed by atoms with van der Waals surface area (Å²) in [6.45, 7) is 7.11. The molecule has 0 aromatic heterocycles. The summed E-state index contributed by atoms with van der Waals surface area (Å²) in [7, 11) is -2.22. The van der Waals surface area contributed by atoms with Crippen molar-refractivity contribution in [3.05, 3.63) is 28.3 Å². The molecule has 0 saturated carbocycles. The minimum Gasteiger partial charge on any atom is -0.383 e. The fraction of sp³-hybridized carbons (Fsp3) is 0.647. The Morgan fingerprint density at radius 3 is 2.50 bits per heavy atom. The van der Waals surface area contributed by atoms with Crippen LogP contribution in [0.3, 0.4) is 0 Å². The maximum absolute atomic E-state index is 13.0. The van der Waals surface area contributed by atoms with Gasteiger partial charge in [0, 0.05) is 32.3 Å². The Labute approximate surface area is 154 Å². The Hall–Kier alpha value is -1.71. The zero-order chi connectivity index (χ0) is 19.5. The first kappa shape index (κ1) is 20.6. The summed E-state index contributed by atoms with van der Waals surface area (Å²) in [6, 6.07) is 3.87. The minimum atomic E-state index is -3.76. The van der Waals surface area contributed by atoms with E-state index in [4.69, 9.17) is 4.74 Å². The molecule has 146 valence electrons. The zero-order valence-electron chi connectivity index (χ0n) is 15.6. The molecule has 8 nitrogen and oxygen atoms in total. The molecule has 1 heterocycles. The van der Waals surface area contributed by atoms with Gasteiger partial charge in [-0.05, 0) is 37.3 Å². The van der Waals surface area contributed by atoms with Crippen LogP contribution >= 0.6 is 0 Å². The Bertz CT molecular complexity index is 743. The average molecular weight is 385 g/mol. The van der Waals surface area contributed by atoms with Gasteiger partial charge in [0.1, 0.15) is 5.69 Å². The Kier molecular flexibility index (Phi) is 6.59. The highest BCUT2D eigenvalue weighted by atomic mass is 32.2. The smallest absolute Gasteiger partial charge is 0.293 e. The lowest BCUT2D eigenvalue weighted by molar-refractivity contribution is -0.384. The van der Waals surface area contributed by atoms with E-state index in [9.17, 15) is 18.5 Å². The number of anilines is 1. The molecular formula is C17H27N3O5S. The van der Waals surface area contributed by atoms with Crippen molar-refractivity contribution in [2.24, 2.45) is 11.8 Å². The Morgan fingerprint density at radius 1 is 1.35 bits per heavy atom. The van der Waals surface area contributed by atoms with Crippen LogP contribution in [0.5, 0.6) is 0 Å². The number of sulfonamides is 1. The standard InChI is InChI=1S/C17H27N3O5S/c1-12-7-13(2)10-19(9-12)26(23,24)15-5-6-16(17(8-15)20(21)22)18-14(3)11-25-4/h5-6,8,12-14,18H,7,9-11H2,1-4H3/t12-,13+,14-/m0/s1. The van der Waals surface area contributed by atoms with Gasteiger partial charge < -0.3 is 10.1 Å². The van der Waals surface area contributed by atoms with Crippen LogP contribution in [0.4, 0.5) is 11.4 Å².